The molecule has 0 fully saturated rings. The summed E-state index contributed by atoms with van der Waals surface area (Å²) in [5, 5.41) is 8.76. The summed E-state index contributed by atoms with van der Waals surface area (Å²) in [6, 6.07) is 3.98. The van der Waals surface area contributed by atoms with Crippen LogP contribution in [0.5, 0.6) is 0 Å². The lowest BCUT2D eigenvalue weighted by Gasteiger charge is -2.14. The van der Waals surface area contributed by atoms with Gasteiger partial charge >= 0.3 is 0 Å². The number of nitriles is 1. The molecule has 3 nitrogen and oxygen atoms in total. The summed E-state index contributed by atoms with van der Waals surface area (Å²) >= 11 is 0. The molecule has 58 valence electrons. The summed E-state index contributed by atoms with van der Waals surface area (Å²) < 4.78 is 0. The number of aromatic amines is 1. The van der Waals surface area contributed by atoms with Crippen molar-refractivity contribution in [1.82, 2.24) is 9.88 Å². The number of nitrogens with one attached hydrogen (secondary N) is 1. The van der Waals surface area contributed by atoms with Crippen molar-refractivity contribution in [1.29, 1.82) is 5.26 Å². The fourth-order valence-electron chi connectivity index (χ4n) is 0.995. The van der Waals surface area contributed by atoms with Crippen LogP contribution in [0.25, 0.3) is 0 Å². The van der Waals surface area contributed by atoms with Gasteiger partial charge in [0.2, 0.25) is 0 Å². The maximum Gasteiger partial charge on any atom is 0.124 e. The van der Waals surface area contributed by atoms with E-state index in [1.165, 1.54) is 0 Å². The van der Waals surface area contributed by atoms with Gasteiger partial charge in [-0.25, -0.2) is 0 Å². The molecule has 0 unspecified atom stereocenters. The average Bonchev–Trinajstić information content (AvgIpc) is 2.40. The molecule has 1 N–H and O–H groups in total. The highest BCUT2D eigenvalue weighted by Crippen LogP contribution is 2.15. The van der Waals surface area contributed by atoms with Gasteiger partial charge in [-0.1, -0.05) is 0 Å². The minimum absolute atomic E-state index is 0.138. The van der Waals surface area contributed by atoms with Crippen molar-refractivity contribution in [3.8, 4) is 6.07 Å². The maximum absolute atomic E-state index is 8.76. The minimum atomic E-state index is -0.138. The number of rotatable bonds is 2. The molecule has 0 bridgehead atoms. The lowest BCUT2D eigenvalue weighted by molar-refractivity contribution is 0.358. The first-order valence-corrected chi connectivity index (χ1v) is 3.44. The monoisotopic (exact) mass is 149 g/mol. The molecule has 0 radical (unpaired) electrons. The van der Waals surface area contributed by atoms with Gasteiger partial charge in [0.05, 0.1) is 6.07 Å². The van der Waals surface area contributed by atoms with E-state index in [4.69, 9.17) is 5.26 Å². The fraction of sp³-hybridized carbons (Fsp3) is 0.375. The molecule has 3 heteroatoms. The number of nitrogens with zero attached hydrogens (tertiary/aromatic N) is 2. The third-order valence-corrected chi connectivity index (χ3v) is 1.58. The third kappa shape index (κ3) is 1.60. The van der Waals surface area contributed by atoms with Gasteiger partial charge < -0.3 is 4.98 Å². The van der Waals surface area contributed by atoms with E-state index >= 15 is 0 Å². The molecule has 0 saturated heterocycles. The van der Waals surface area contributed by atoms with Crippen LogP contribution in [0.4, 0.5) is 0 Å². The zero-order valence-electron chi connectivity index (χ0n) is 6.70. The summed E-state index contributed by atoms with van der Waals surface area (Å²) in [4.78, 5) is 4.80. The molecule has 0 saturated carbocycles. The van der Waals surface area contributed by atoms with Crippen molar-refractivity contribution in [3.63, 3.8) is 0 Å². The van der Waals surface area contributed by atoms with Crippen molar-refractivity contribution in [2.75, 3.05) is 14.1 Å². The van der Waals surface area contributed by atoms with Crippen molar-refractivity contribution < 1.29 is 0 Å². The molecular formula is C8H11N3. The topological polar surface area (TPSA) is 42.8 Å². The molecule has 0 aliphatic heterocycles. The van der Waals surface area contributed by atoms with E-state index in [0.717, 1.165) is 5.56 Å². The normalized spacial score (nSPS) is 12.9. The Morgan fingerprint density at radius 1 is 1.64 bits per heavy atom. The van der Waals surface area contributed by atoms with Gasteiger partial charge in [-0.15, -0.1) is 0 Å². The molecule has 1 heterocycles. The van der Waals surface area contributed by atoms with Crippen LogP contribution in [0.2, 0.25) is 0 Å². The molecule has 0 spiro atoms. The quantitative estimate of drug-likeness (QED) is 0.685. The number of hydrogen-bond acceptors (Lipinski definition) is 2. The minimum Gasteiger partial charge on any atom is -0.367 e. The van der Waals surface area contributed by atoms with Crippen molar-refractivity contribution in [2.24, 2.45) is 0 Å². The molecular weight excluding hydrogens is 138 g/mol. The number of hydrogen-bond donors (Lipinski definition) is 1. The first-order chi connectivity index (χ1) is 5.25. The van der Waals surface area contributed by atoms with Crippen molar-refractivity contribution in [3.05, 3.63) is 24.0 Å². The van der Waals surface area contributed by atoms with Crippen molar-refractivity contribution in [2.45, 2.75) is 6.04 Å². The second kappa shape index (κ2) is 3.22. The standard InChI is InChI=1S/C8H11N3/c1-11(2)8(5-9)7-3-4-10-6-7/h3-4,6,8,10H,1-2H3/t8-/m1/s1. The molecule has 1 atom stereocenters. The van der Waals surface area contributed by atoms with Crippen LogP contribution >= 0.6 is 0 Å². The van der Waals surface area contributed by atoms with E-state index in [0.29, 0.717) is 0 Å². The first kappa shape index (κ1) is 7.83. The number of aromatic nitrogens is 1. The highest BCUT2D eigenvalue weighted by molar-refractivity contribution is 5.19. The van der Waals surface area contributed by atoms with E-state index in [1.54, 1.807) is 0 Å². The van der Waals surface area contributed by atoms with Crippen LogP contribution < -0.4 is 0 Å². The fourth-order valence-corrected chi connectivity index (χ4v) is 0.995. The zero-order valence-corrected chi connectivity index (χ0v) is 6.70. The molecule has 1 aromatic heterocycles. The lowest BCUT2D eigenvalue weighted by Crippen LogP contribution is -2.17. The number of H-pyrrole nitrogens is 1. The smallest absolute Gasteiger partial charge is 0.124 e. The summed E-state index contributed by atoms with van der Waals surface area (Å²) in [6.07, 6.45) is 3.66. The Labute approximate surface area is 66.3 Å². The zero-order chi connectivity index (χ0) is 8.27. The SMILES string of the molecule is CN(C)[C@H](C#N)c1cc[nH]c1. The van der Waals surface area contributed by atoms with Crippen LogP contribution in [-0.2, 0) is 0 Å². The van der Waals surface area contributed by atoms with Gasteiger partial charge in [0.15, 0.2) is 0 Å². The van der Waals surface area contributed by atoms with Gasteiger partial charge in [0, 0.05) is 18.0 Å². The van der Waals surface area contributed by atoms with Gasteiger partial charge in [0.1, 0.15) is 6.04 Å². The first-order valence-electron chi connectivity index (χ1n) is 3.44. The Kier molecular flexibility index (Phi) is 2.29. The van der Waals surface area contributed by atoms with E-state index in [1.807, 2.05) is 37.5 Å². The van der Waals surface area contributed by atoms with Gasteiger partial charge in [-0.05, 0) is 20.2 Å². The van der Waals surface area contributed by atoms with E-state index < -0.39 is 0 Å². The largest absolute Gasteiger partial charge is 0.367 e. The Bertz CT molecular complexity index is 243. The molecule has 0 aromatic carbocycles. The predicted molar refractivity (Wildman–Crippen MR) is 42.8 cm³/mol. The summed E-state index contributed by atoms with van der Waals surface area (Å²) in [6.45, 7) is 0. The lowest BCUT2D eigenvalue weighted by atomic mass is 10.1. The van der Waals surface area contributed by atoms with Gasteiger partial charge in [0.25, 0.3) is 0 Å². The Hall–Kier alpha value is -1.27. The summed E-state index contributed by atoms with van der Waals surface area (Å²) in [5.74, 6) is 0. The molecule has 1 aromatic rings. The summed E-state index contributed by atoms with van der Waals surface area (Å²) in [5.41, 5.74) is 1.01. The van der Waals surface area contributed by atoms with Crippen LogP contribution in [0.15, 0.2) is 18.5 Å². The molecule has 11 heavy (non-hydrogen) atoms. The Balaban J connectivity index is 2.82. The van der Waals surface area contributed by atoms with Crippen molar-refractivity contribution >= 4 is 0 Å². The predicted octanol–water partition coefficient (Wildman–Crippen LogP) is 1.14. The molecule has 0 aliphatic carbocycles. The third-order valence-electron chi connectivity index (χ3n) is 1.58. The highest BCUT2D eigenvalue weighted by atomic mass is 15.1. The van der Waals surface area contributed by atoms with Crippen LogP contribution in [0, 0.1) is 11.3 Å². The summed E-state index contributed by atoms with van der Waals surface area (Å²) in [7, 11) is 3.78. The van der Waals surface area contributed by atoms with E-state index in [-0.39, 0.29) is 6.04 Å². The van der Waals surface area contributed by atoms with Crippen LogP contribution in [0.1, 0.15) is 11.6 Å². The molecule has 0 aliphatic rings. The van der Waals surface area contributed by atoms with Crippen LogP contribution in [-0.4, -0.2) is 24.0 Å². The average molecular weight is 149 g/mol. The van der Waals surface area contributed by atoms with Gasteiger partial charge in [-0.3, -0.25) is 4.90 Å². The van der Waals surface area contributed by atoms with E-state index in [2.05, 4.69) is 11.1 Å². The Morgan fingerprint density at radius 3 is 2.73 bits per heavy atom. The van der Waals surface area contributed by atoms with Crippen LogP contribution in [0.3, 0.4) is 0 Å². The molecule has 1 rings (SSSR count). The van der Waals surface area contributed by atoms with E-state index in [9.17, 15) is 0 Å². The maximum atomic E-state index is 8.76. The van der Waals surface area contributed by atoms with Gasteiger partial charge in [-0.2, -0.15) is 5.26 Å². The molecule has 0 amide bonds. The second-order valence-corrected chi connectivity index (χ2v) is 2.64. The second-order valence-electron chi connectivity index (χ2n) is 2.64. The highest BCUT2D eigenvalue weighted by Gasteiger charge is 2.11. The Morgan fingerprint density at radius 2 is 2.36 bits per heavy atom.